The zero-order valence-electron chi connectivity index (χ0n) is 14.8. The molecule has 0 bridgehead atoms. The van der Waals surface area contributed by atoms with Crippen LogP contribution >= 0.6 is 11.3 Å². The van der Waals surface area contributed by atoms with Crippen LogP contribution in [0, 0.1) is 6.92 Å². The van der Waals surface area contributed by atoms with E-state index in [1.54, 1.807) is 12.1 Å². The number of carbonyl (C=O) groups is 2. The summed E-state index contributed by atoms with van der Waals surface area (Å²) in [5.74, 6) is -1.31. The standard InChI is InChI=1S/C19H16N6O2S/c1-11-7-9-13(10-8-11)22-17(26)14-15(20)16(18(27)24-25-21)28-19(14)23-12-5-3-2-4-6-12/h2-10,23H,20H2,1H3,(H,22,26). The van der Waals surface area contributed by atoms with Gasteiger partial charge in [0, 0.05) is 16.3 Å². The van der Waals surface area contributed by atoms with E-state index in [-0.39, 0.29) is 16.1 Å². The Morgan fingerprint density at radius 2 is 1.75 bits per heavy atom. The van der Waals surface area contributed by atoms with Gasteiger partial charge in [0.25, 0.3) is 11.8 Å². The molecule has 9 heteroatoms. The van der Waals surface area contributed by atoms with E-state index in [0.717, 1.165) is 22.6 Å². The number of azide groups is 1. The van der Waals surface area contributed by atoms with Crippen molar-refractivity contribution in [2.24, 2.45) is 5.11 Å². The van der Waals surface area contributed by atoms with Crippen LogP contribution in [-0.2, 0) is 0 Å². The van der Waals surface area contributed by atoms with E-state index in [1.165, 1.54) is 0 Å². The third kappa shape index (κ3) is 4.12. The second-order valence-corrected chi connectivity index (χ2v) is 6.88. The lowest BCUT2D eigenvalue weighted by Gasteiger charge is -2.09. The van der Waals surface area contributed by atoms with Crippen molar-refractivity contribution in [2.45, 2.75) is 6.92 Å². The molecule has 2 aromatic carbocycles. The summed E-state index contributed by atoms with van der Waals surface area (Å²) in [6, 6.07) is 16.4. The molecule has 4 N–H and O–H groups in total. The maximum Gasteiger partial charge on any atom is 0.261 e. The van der Waals surface area contributed by atoms with Gasteiger partial charge in [0.1, 0.15) is 9.88 Å². The zero-order chi connectivity index (χ0) is 20.1. The smallest absolute Gasteiger partial charge is 0.261 e. The number of aryl methyl sites for hydroxylation is 1. The summed E-state index contributed by atoms with van der Waals surface area (Å²) in [6.45, 7) is 1.94. The number of benzene rings is 2. The number of amides is 2. The van der Waals surface area contributed by atoms with Crippen molar-refractivity contribution < 1.29 is 9.59 Å². The minimum absolute atomic E-state index is 0.00490. The molecule has 1 aromatic heterocycles. The molecule has 0 atom stereocenters. The van der Waals surface area contributed by atoms with Crippen LogP contribution in [0.2, 0.25) is 0 Å². The molecule has 2 amide bonds. The van der Waals surface area contributed by atoms with Crippen molar-refractivity contribution in [2.75, 3.05) is 16.4 Å². The Balaban J connectivity index is 2.00. The minimum atomic E-state index is -0.838. The van der Waals surface area contributed by atoms with Crippen LogP contribution in [0.3, 0.4) is 0 Å². The van der Waals surface area contributed by atoms with Crippen molar-refractivity contribution in [3.63, 3.8) is 0 Å². The molecule has 28 heavy (non-hydrogen) atoms. The average molecular weight is 392 g/mol. The number of nitrogens with zero attached hydrogens (tertiary/aromatic N) is 3. The van der Waals surface area contributed by atoms with Crippen LogP contribution in [0.15, 0.2) is 59.7 Å². The highest BCUT2D eigenvalue weighted by Gasteiger charge is 2.25. The maximum atomic E-state index is 12.9. The molecule has 0 aliphatic carbocycles. The Bertz CT molecular complexity index is 1070. The third-order valence-electron chi connectivity index (χ3n) is 3.84. The Labute approximate surface area is 164 Å². The summed E-state index contributed by atoms with van der Waals surface area (Å²) in [5.41, 5.74) is 17.1. The number of nitrogen functional groups attached to an aromatic ring is 1. The molecule has 0 spiro atoms. The molecule has 0 aliphatic heterocycles. The summed E-state index contributed by atoms with van der Waals surface area (Å²) in [6.07, 6.45) is 0. The summed E-state index contributed by atoms with van der Waals surface area (Å²) in [5, 5.41) is 9.33. The number of thiophene rings is 1. The van der Waals surface area contributed by atoms with E-state index < -0.39 is 11.8 Å². The SMILES string of the molecule is Cc1ccc(NC(=O)c2c(Nc3ccccc3)sc(C(=O)N=[N+]=[N-])c2N)cc1. The van der Waals surface area contributed by atoms with Crippen LogP contribution < -0.4 is 16.4 Å². The monoisotopic (exact) mass is 392 g/mol. The first-order valence-electron chi connectivity index (χ1n) is 8.21. The first-order valence-corrected chi connectivity index (χ1v) is 9.03. The van der Waals surface area contributed by atoms with E-state index in [4.69, 9.17) is 11.3 Å². The number of carbonyl (C=O) groups excluding carboxylic acids is 2. The molecule has 0 fully saturated rings. The molecule has 0 saturated heterocycles. The van der Waals surface area contributed by atoms with E-state index in [1.807, 2.05) is 49.4 Å². The van der Waals surface area contributed by atoms with Gasteiger partial charge in [-0.05, 0) is 41.8 Å². The van der Waals surface area contributed by atoms with Gasteiger partial charge in [0.2, 0.25) is 0 Å². The Morgan fingerprint density at radius 3 is 2.39 bits per heavy atom. The highest BCUT2D eigenvalue weighted by atomic mass is 32.1. The fraction of sp³-hybridized carbons (Fsp3) is 0.0526. The molecule has 3 rings (SSSR count). The van der Waals surface area contributed by atoms with Gasteiger partial charge in [-0.2, -0.15) is 0 Å². The summed E-state index contributed by atoms with van der Waals surface area (Å²) < 4.78 is 0. The minimum Gasteiger partial charge on any atom is -0.397 e. The fourth-order valence-electron chi connectivity index (χ4n) is 2.49. The van der Waals surface area contributed by atoms with Crippen molar-refractivity contribution in [3.05, 3.63) is 81.0 Å². The molecule has 0 unspecified atom stereocenters. The first-order chi connectivity index (χ1) is 13.5. The number of rotatable bonds is 5. The first kappa shape index (κ1) is 19.0. The van der Waals surface area contributed by atoms with Crippen LogP contribution in [0.1, 0.15) is 25.6 Å². The van der Waals surface area contributed by atoms with Crippen LogP contribution in [0.5, 0.6) is 0 Å². The lowest BCUT2D eigenvalue weighted by atomic mass is 10.2. The number of nitrogens with one attached hydrogen (secondary N) is 2. The Kier molecular flexibility index (Phi) is 5.59. The second kappa shape index (κ2) is 8.26. The summed E-state index contributed by atoms with van der Waals surface area (Å²) in [4.78, 5) is 27.4. The lowest BCUT2D eigenvalue weighted by molar-refractivity contribution is 0.100. The predicted octanol–water partition coefficient (Wildman–Crippen LogP) is 5.09. The molecule has 3 aromatic rings. The van der Waals surface area contributed by atoms with Gasteiger partial charge in [0.05, 0.1) is 11.3 Å². The van der Waals surface area contributed by atoms with Crippen LogP contribution in [0.25, 0.3) is 10.4 Å². The van der Waals surface area contributed by atoms with E-state index in [9.17, 15) is 9.59 Å². The van der Waals surface area contributed by atoms with Gasteiger partial charge in [-0.25, -0.2) is 0 Å². The molecular weight excluding hydrogens is 376 g/mol. The molecule has 0 radical (unpaired) electrons. The highest BCUT2D eigenvalue weighted by molar-refractivity contribution is 7.19. The third-order valence-corrected chi connectivity index (χ3v) is 4.95. The van der Waals surface area contributed by atoms with E-state index in [0.29, 0.717) is 10.7 Å². The van der Waals surface area contributed by atoms with Gasteiger partial charge in [-0.15, -0.1) is 11.3 Å². The molecule has 1 heterocycles. The lowest BCUT2D eigenvalue weighted by Crippen LogP contribution is -2.15. The quantitative estimate of drug-likeness (QED) is 0.317. The summed E-state index contributed by atoms with van der Waals surface area (Å²) >= 11 is 0.959. The summed E-state index contributed by atoms with van der Waals surface area (Å²) in [7, 11) is 0. The maximum absolute atomic E-state index is 12.9. The van der Waals surface area contributed by atoms with Crippen LogP contribution in [-0.4, -0.2) is 11.8 Å². The predicted molar refractivity (Wildman–Crippen MR) is 111 cm³/mol. The Hall–Kier alpha value is -3.81. The molecule has 140 valence electrons. The van der Waals surface area contributed by atoms with Crippen molar-refractivity contribution in [1.29, 1.82) is 0 Å². The van der Waals surface area contributed by atoms with Crippen molar-refractivity contribution in [3.8, 4) is 0 Å². The van der Waals surface area contributed by atoms with Crippen LogP contribution in [0.4, 0.5) is 22.1 Å². The number of hydrogen-bond donors (Lipinski definition) is 3. The number of para-hydroxylation sites is 1. The highest BCUT2D eigenvalue weighted by Crippen LogP contribution is 2.38. The fourth-order valence-corrected chi connectivity index (χ4v) is 3.50. The largest absolute Gasteiger partial charge is 0.397 e. The average Bonchev–Trinajstić information content (AvgIpc) is 3.00. The second-order valence-electron chi connectivity index (χ2n) is 5.85. The molecule has 8 nitrogen and oxygen atoms in total. The van der Waals surface area contributed by atoms with Gasteiger partial charge in [-0.3, -0.25) is 9.59 Å². The zero-order valence-corrected chi connectivity index (χ0v) is 15.7. The molecule has 0 saturated carbocycles. The van der Waals surface area contributed by atoms with Gasteiger partial charge in [0.15, 0.2) is 0 Å². The van der Waals surface area contributed by atoms with Gasteiger partial charge < -0.3 is 16.4 Å². The van der Waals surface area contributed by atoms with Gasteiger partial charge >= 0.3 is 0 Å². The number of hydrogen-bond acceptors (Lipinski definition) is 5. The molecular formula is C19H16N6O2S. The van der Waals surface area contributed by atoms with Gasteiger partial charge in [-0.1, -0.05) is 35.9 Å². The number of nitrogens with two attached hydrogens (primary N) is 1. The molecule has 0 aliphatic rings. The van der Waals surface area contributed by atoms with E-state index in [2.05, 4.69) is 20.7 Å². The Morgan fingerprint density at radius 1 is 1.07 bits per heavy atom. The van der Waals surface area contributed by atoms with Crippen molar-refractivity contribution in [1.82, 2.24) is 0 Å². The van der Waals surface area contributed by atoms with Crippen molar-refractivity contribution >= 4 is 45.2 Å². The number of anilines is 4. The normalized spacial score (nSPS) is 10.0. The van der Waals surface area contributed by atoms with E-state index >= 15 is 0 Å². The topological polar surface area (TPSA) is 133 Å².